The van der Waals surface area contributed by atoms with Gasteiger partial charge in [-0.1, -0.05) is 30.0 Å². The minimum Gasteiger partial charge on any atom is -0.375 e. The van der Waals surface area contributed by atoms with Crippen LogP contribution in [0.5, 0.6) is 0 Å². The Morgan fingerprint density at radius 2 is 2.00 bits per heavy atom. The van der Waals surface area contributed by atoms with E-state index in [9.17, 15) is 4.79 Å². The van der Waals surface area contributed by atoms with Crippen LogP contribution in [0.2, 0.25) is 0 Å². The number of carbonyl (C=O) groups is 1. The lowest BCUT2D eigenvalue weighted by Gasteiger charge is -2.25. The van der Waals surface area contributed by atoms with Gasteiger partial charge in [-0.3, -0.25) is 4.79 Å². The number of rotatable bonds is 4. The van der Waals surface area contributed by atoms with Gasteiger partial charge >= 0.3 is 0 Å². The summed E-state index contributed by atoms with van der Waals surface area (Å²) >= 11 is 1.42. The number of hydrogen-bond acceptors (Lipinski definition) is 5. The van der Waals surface area contributed by atoms with Crippen molar-refractivity contribution in [3.05, 3.63) is 47.3 Å². The summed E-state index contributed by atoms with van der Waals surface area (Å²) in [5.74, 6) is 0.616. The van der Waals surface area contributed by atoms with Crippen molar-refractivity contribution < 1.29 is 4.79 Å². The van der Waals surface area contributed by atoms with E-state index in [1.165, 1.54) is 17.3 Å². The van der Waals surface area contributed by atoms with E-state index in [-0.39, 0.29) is 11.8 Å². The van der Waals surface area contributed by atoms with Crippen molar-refractivity contribution in [1.82, 2.24) is 9.97 Å². The molecule has 0 saturated carbocycles. The van der Waals surface area contributed by atoms with Gasteiger partial charge in [-0.2, -0.15) is 0 Å². The van der Waals surface area contributed by atoms with Crippen LogP contribution in [0.25, 0.3) is 0 Å². The number of carbonyl (C=O) groups excluding carboxylic acids is 1. The second-order valence-corrected chi connectivity index (χ2v) is 6.52. The van der Waals surface area contributed by atoms with Gasteiger partial charge in [0, 0.05) is 17.1 Å². The van der Waals surface area contributed by atoms with Gasteiger partial charge in [0.15, 0.2) is 10.9 Å². The molecule has 3 rings (SSSR count). The largest absolute Gasteiger partial charge is 0.375 e. The molecule has 0 saturated heterocycles. The molecule has 1 unspecified atom stereocenters. The van der Waals surface area contributed by atoms with E-state index in [0.717, 1.165) is 29.9 Å². The van der Waals surface area contributed by atoms with E-state index in [1.54, 1.807) is 0 Å². The molecule has 0 bridgehead atoms. The normalized spacial score (nSPS) is 16.7. The highest BCUT2D eigenvalue weighted by atomic mass is 32.2. The number of Topliss-reactive ketones (excluding diaryl/α,β-unsaturated/α-hetero) is 1. The van der Waals surface area contributed by atoms with Crippen LogP contribution >= 0.6 is 11.8 Å². The molecule has 0 amide bonds. The molecule has 22 heavy (non-hydrogen) atoms. The number of ketones is 1. The summed E-state index contributed by atoms with van der Waals surface area (Å²) in [5.41, 5.74) is 4.25. The summed E-state index contributed by atoms with van der Waals surface area (Å²) in [5, 5.41) is 4.03. The SMILES string of the molecule is Cc1cc(C)nc(SCC(=O)C2CCc3ccccc3N2)n1. The predicted molar refractivity (Wildman–Crippen MR) is 89.4 cm³/mol. The Bertz CT molecular complexity index is 682. The second-order valence-electron chi connectivity index (χ2n) is 5.58. The second kappa shape index (κ2) is 6.48. The lowest BCUT2D eigenvalue weighted by Crippen LogP contribution is -2.34. The quantitative estimate of drug-likeness (QED) is 0.694. The summed E-state index contributed by atoms with van der Waals surface area (Å²) in [6.45, 7) is 3.89. The number of aromatic nitrogens is 2. The van der Waals surface area contributed by atoms with Crippen LogP contribution in [0.3, 0.4) is 0 Å². The molecule has 5 heteroatoms. The number of anilines is 1. The maximum atomic E-state index is 12.4. The molecule has 1 N–H and O–H groups in total. The van der Waals surface area contributed by atoms with Crippen molar-refractivity contribution in [2.75, 3.05) is 11.1 Å². The summed E-state index contributed by atoms with van der Waals surface area (Å²) < 4.78 is 0. The van der Waals surface area contributed by atoms with E-state index in [1.807, 2.05) is 38.1 Å². The Labute approximate surface area is 134 Å². The number of aryl methyl sites for hydroxylation is 3. The van der Waals surface area contributed by atoms with Gasteiger partial charge in [-0.05, 0) is 44.4 Å². The third-order valence-corrected chi connectivity index (χ3v) is 4.61. The zero-order valence-electron chi connectivity index (χ0n) is 12.8. The minimum absolute atomic E-state index is 0.103. The molecule has 0 aliphatic carbocycles. The van der Waals surface area contributed by atoms with Crippen molar-refractivity contribution in [2.24, 2.45) is 0 Å². The monoisotopic (exact) mass is 313 g/mol. The van der Waals surface area contributed by atoms with Crippen molar-refractivity contribution in [3.63, 3.8) is 0 Å². The smallest absolute Gasteiger partial charge is 0.188 e. The Balaban J connectivity index is 1.61. The average molecular weight is 313 g/mol. The molecule has 1 aliphatic heterocycles. The first kappa shape index (κ1) is 15.0. The zero-order chi connectivity index (χ0) is 15.5. The number of para-hydroxylation sites is 1. The maximum Gasteiger partial charge on any atom is 0.188 e. The van der Waals surface area contributed by atoms with Crippen LogP contribution in [0.4, 0.5) is 5.69 Å². The van der Waals surface area contributed by atoms with Crippen molar-refractivity contribution >= 4 is 23.2 Å². The van der Waals surface area contributed by atoms with Gasteiger partial charge in [-0.25, -0.2) is 9.97 Å². The van der Waals surface area contributed by atoms with Crippen LogP contribution in [-0.2, 0) is 11.2 Å². The van der Waals surface area contributed by atoms with E-state index in [2.05, 4.69) is 21.4 Å². The lowest BCUT2D eigenvalue weighted by molar-refractivity contribution is -0.117. The zero-order valence-corrected chi connectivity index (χ0v) is 13.6. The topological polar surface area (TPSA) is 54.9 Å². The molecule has 0 fully saturated rings. The highest BCUT2D eigenvalue weighted by molar-refractivity contribution is 7.99. The third-order valence-electron chi connectivity index (χ3n) is 3.74. The molecule has 1 atom stereocenters. The Kier molecular flexibility index (Phi) is 4.43. The molecular weight excluding hydrogens is 294 g/mol. The number of benzene rings is 1. The lowest BCUT2D eigenvalue weighted by atomic mass is 9.96. The van der Waals surface area contributed by atoms with E-state index < -0.39 is 0 Å². The molecule has 1 aromatic carbocycles. The standard InChI is InChI=1S/C17H19N3OS/c1-11-9-12(2)19-17(18-11)22-10-16(21)15-8-7-13-5-3-4-6-14(13)20-15/h3-6,9,15,20H,7-8,10H2,1-2H3. The summed E-state index contributed by atoms with van der Waals surface area (Å²) in [4.78, 5) is 21.1. The van der Waals surface area contributed by atoms with Gasteiger partial charge in [-0.15, -0.1) is 0 Å². The first-order valence-electron chi connectivity index (χ1n) is 7.44. The van der Waals surface area contributed by atoms with Gasteiger partial charge in [0.2, 0.25) is 0 Å². The molecule has 1 aromatic heterocycles. The van der Waals surface area contributed by atoms with Gasteiger partial charge in [0.25, 0.3) is 0 Å². The van der Waals surface area contributed by atoms with Crippen LogP contribution in [0, 0.1) is 13.8 Å². The predicted octanol–water partition coefficient (Wildman–Crippen LogP) is 3.18. The molecule has 2 heterocycles. The van der Waals surface area contributed by atoms with Crippen molar-refractivity contribution in [1.29, 1.82) is 0 Å². The fraction of sp³-hybridized carbons (Fsp3) is 0.353. The van der Waals surface area contributed by atoms with Gasteiger partial charge in [0.1, 0.15) is 0 Å². The van der Waals surface area contributed by atoms with Crippen LogP contribution in [0.15, 0.2) is 35.5 Å². The van der Waals surface area contributed by atoms with Crippen molar-refractivity contribution in [3.8, 4) is 0 Å². The molecule has 2 aromatic rings. The first-order valence-corrected chi connectivity index (χ1v) is 8.42. The summed E-state index contributed by atoms with van der Waals surface area (Å²) in [6.07, 6.45) is 1.80. The first-order chi connectivity index (χ1) is 10.6. The Morgan fingerprint density at radius 3 is 2.77 bits per heavy atom. The van der Waals surface area contributed by atoms with Crippen LogP contribution in [0.1, 0.15) is 23.4 Å². The number of thioether (sulfide) groups is 1. The van der Waals surface area contributed by atoms with E-state index in [4.69, 9.17) is 0 Å². The highest BCUT2D eigenvalue weighted by Crippen LogP contribution is 2.25. The summed E-state index contributed by atoms with van der Waals surface area (Å²) in [7, 11) is 0. The van der Waals surface area contributed by atoms with Crippen molar-refractivity contribution in [2.45, 2.75) is 37.9 Å². The molecule has 114 valence electrons. The fourth-order valence-electron chi connectivity index (χ4n) is 2.67. The Hall–Kier alpha value is -1.88. The van der Waals surface area contributed by atoms with Gasteiger partial charge < -0.3 is 5.32 Å². The third kappa shape index (κ3) is 3.47. The van der Waals surface area contributed by atoms with E-state index >= 15 is 0 Å². The number of fused-ring (bicyclic) bond motifs is 1. The number of nitrogens with one attached hydrogen (secondary N) is 1. The highest BCUT2D eigenvalue weighted by Gasteiger charge is 2.23. The molecule has 4 nitrogen and oxygen atoms in total. The maximum absolute atomic E-state index is 12.4. The number of hydrogen-bond donors (Lipinski definition) is 1. The van der Waals surface area contributed by atoms with Gasteiger partial charge in [0.05, 0.1) is 11.8 Å². The molecule has 0 spiro atoms. The molecular formula is C17H19N3OS. The average Bonchev–Trinajstić information content (AvgIpc) is 2.51. The number of nitrogens with zero attached hydrogens (tertiary/aromatic N) is 2. The van der Waals surface area contributed by atoms with E-state index in [0.29, 0.717) is 10.9 Å². The molecule has 1 aliphatic rings. The van der Waals surface area contributed by atoms with Crippen LogP contribution in [-0.4, -0.2) is 27.5 Å². The Morgan fingerprint density at radius 1 is 1.27 bits per heavy atom. The minimum atomic E-state index is -0.103. The summed E-state index contributed by atoms with van der Waals surface area (Å²) in [6, 6.07) is 10.0. The molecule has 0 radical (unpaired) electrons. The fourth-order valence-corrected chi connectivity index (χ4v) is 3.56. The van der Waals surface area contributed by atoms with Crippen LogP contribution < -0.4 is 5.32 Å².